The third kappa shape index (κ3) is 3.27. The van der Waals surface area contributed by atoms with Gasteiger partial charge in [-0.3, -0.25) is 4.79 Å². The smallest absolute Gasteiger partial charge is 0.182 e. The highest BCUT2D eigenvalue weighted by Gasteiger charge is 2.44. The minimum Gasteiger partial charge on any atom is -0.508 e. The first-order chi connectivity index (χ1) is 14.1. The quantitative estimate of drug-likeness (QED) is 0.364. The van der Waals surface area contributed by atoms with Crippen molar-refractivity contribution >= 4 is 5.78 Å². The second-order valence-electron chi connectivity index (χ2n) is 6.90. The molecule has 0 bridgehead atoms. The van der Waals surface area contributed by atoms with E-state index < -0.39 is 5.41 Å². The third-order valence-corrected chi connectivity index (χ3v) is 5.18. The number of aromatic hydroxyl groups is 2. The molecule has 0 unspecified atom stereocenters. The highest BCUT2D eigenvalue weighted by atomic mass is 16.3. The molecule has 0 aromatic heterocycles. The van der Waals surface area contributed by atoms with Crippen LogP contribution in [0.4, 0.5) is 0 Å². The number of Topliss-reactive ketones (excluding diaryl/α,β-unsaturated/α-hetero) is 1. The average molecular weight is 380 g/mol. The summed E-state index contributed by atoms with van der Waals surface area (Å²) in [6, 6.07) is 32.2. The summed E-state index contributed by atoms with van der Waals surface area (Å²) in [5.41, 5.74) is 1.73. The van der Waals surface area contributed by atoms with Gasteiger partial charge in [0.15, 0.2) is 5.78 Å². The number of carbonyl (C=O) groups is 1. The molecule has 4 aromatic carbocycles. The number of benzene rings is 4. The molecule has 0 spiro atoms. The predicted molar refractivity (Wildman–Crippen MR) is 113 cm³/mol. The molecule has 0 radical (unpaired) electrons. The van der Waals surface area contributed by atoms with Gasteiger partial charge in [0.25, 0.3) is 0 Å². The molecule has 3 nitrogen and oxygen atoms in total. The highest BCUT2D eigenvalue weighted by Crippen LogP contribution is 2.43. The van der Waals surface area contributed by atoms with Gasteiger partial charge in [-0.2, -0.15) is 0 Å². The van der Waals surface area contributed by atoms with Crippen molar-refractivity contribution in [3.63, 3.8) is 0 Å². The van der Waals surface area contributed by atoms with Crippen molar-refractivity contribution in [1.82, 2.24) is 0 Å². The van der Waals surface area contributed by atoms with Gasteiger partial charge in [-0.25, -0.2) is 0 Å². The number of ketones is 1. The van der Waals surface area contributed by atoms with Gasteiger partial charge in [-0.15, -0.1) is 0 Å². The second kappa shape index (κ2) is 7.64. The Bertz CT molecular complexity index is 1050. The summed E-state index contributed by atoms with van der Waals surface area (Å²) in [4.78, 5) is 14.1. The van der Waals surface area contributed by atoms with Crippen molar-refractivity contribution in [2.75, 3.05) is 0 Å². The van der Waals surface area contributed by atoms with E-state index in [0.717, 1.165) is 16.7 Å². The van der Waals surface area contributed by atoms with Crippen LogP contribution in [0.25, 0.3) is 0 Å². The number of hydrogen-bond donors (Lipinski definition) is 2. The lowest BCUT2D eigenvalue weighted by Gasteiger charge is -2.34. The average Bonchev–Trinajstić information content (AvgIpc) is 2.78. The van der Waals surface area contributed by atoms with E-state index in [4.69, 9.17) is 0 Å². The van der Waals surface area contributed by atoms with Gasteiger partial charge in [-0.1, -0.05) is 84.9 Å². The predicted octanol–water partition coefficient (Wildman–Crippen LogP) is 5.32. The summed E-state index contributed by atoms with van der Waals surface area (Å²) >= 11 is 0. The van der Waals surface area contributed by atoms with Crippen molar-refractivity contribution in [3.05, 3.63) is 131 Å². The van der Waals surface area contributed by atoms with Crippen LogP contribution >= 0.6 is 0 Å². The Morgan fingerprint density at radius 1 is 0.517 bits per heavy atom. The Kier molecular flexibility index (Phi) is 4.88. The van der Waals surface area contributed by atoms with E-state index in [1.165, 1.54) is 0 Å². The molecule has 0 atom stereocenters. The van der Waals surface area contributed by atoms with Crippen LogP contribution in [0.1, 0.15) is 27.0 Å². The number of carbonyl (C=O) groups excluding carboxylic acids is 1. The zero-order valence-corrected chi connectivity index (χ0v) is 15.7. The first kappa shape index (κ1) is 18.5. The van der Waals surface area contributed by atoms with Crippen LogP contribution < -0.4 is 0 Å². The molecule has 3 heteroatoms. The zero-order chi connectivity index (χ0) is 20.3. The second-order valence-corrected chi connectivity index (χ2v) is 6.90. The summed E-state index contributed by atoms with van der Waals surface area (Å²) in [7, 11) is 0. The van der Waals surface area contributed by atoms with Crippen LogP contribution in [-0.4, -0.2) is 16.0 Å². The topological polar surface area (TPSA) is 57.5 Å². The molecule has 0 aliphatic heterocycles. The lowest BCUT2D eigenvalue weighted by atomic mass is 9.65. The molecule has 0 fully saturated rings. The molecule has 0 amide bonds. The van der Waals surface area contributed by atoms with Crippen LogP contribution in [0.15, 0.2) is 109 Å². The SMILES string of the molecule is O=C(c1ccccc1)C(c1ccccc1)(c1ccc(O)cc1)c1ccc(O)cc1. The van der Waals surface area contributed by atoms with Crippen LogP contribution in [0.5, 0.6) is 11.5 Å². The van der Waals surface area contributed by atoms with Gasteiger partial charge in [0.2, 0.25) is 0 Å². The van der Waals surface area contributed by atoms with Crippen LogP contribution in [0.3, 0.4) is 0 Å². The molecule has 29 heavy (non-hydrogen) atoms. The molecule has 0 aliphatic carbocycles. The Labute approximate surface area is 169 Å². The van der Waals surface area contributed by atoms with Gasteiger partial charge in [0.1, 0.15) is 16.9 Å². The minimum atomic E-state index is -1.13. The fraction of sp³-hybridized carbons (Fsp3) is 0.0385. The maximum Gasteiger partial charge on any atom is 0.182 e. The summed E-state index contributed by atoms with van der Waals surface area (Å²) in [5, 5.41) is 19.7. The molecule has 0 aliphatic rings. The van der Waals surface area contributed by atoms with E-state index >= 15 is 0 Å². The van der Waals surface area contributed by atoms with Crippen LogP contribution in [0, 0.1) is 0 Å². The lowest BCUT2D eigenvalue weighted by molar-refractivity contribution is 0.0935. The molecule has 142 valence electrons. The number of rotatable bonds is 5. The van der Waals surface area contributed by atoms with E-state index in [9.17, 15) is 15.0 Å². The third-order valence-electron chi connectivity index (χ3n) is 5.18. The molecule has 0 saturated carbocycles. The van der Waals surface area contributed by atoms with Crippen molar-refractivity contribution in [2.24, 2.45) is 0 Å². The summed E-state index contributed by atoms with van der Waals surface area (Å²) in [5.74, 6) is 0.183. The molecule has 0 heterocycles. The van der Waals surface area contributed by atoms with E-state index in [1.807, 2.05) is 48.5 Å². The van der Waals surface area contributed by atoms with Crippen molar-refractivity contribution in [2.45, 2.75) is 5.41 Å². The molecule has 2 N–H and O–H groups in total. The van der Waals surface area contributed by atoms with Gasteiger partial charge in [0.05, 0.1) is 0 Å². The van der Waals surface area contributed by atoms with Gasteiger partial charge in [-0.05, 0) is 41.0 Å². The van der Waals surface area contributed by atoms with Crippen molar-refractivity contribution < 1.29 is 15.0 Å². The van der Waals surface area contributed by atoms with Gasteiger partial charge < -0.3 is 10.2 Å². The monoisotopic (exact) mass is 380 g/mol. The van der Waals surface area contributed by atoms with Gasteiger partial charge >= 0.3 is 0 Å². The van der Waals surface area contributed by atoms with E-state index in [-0.39, 0.29) is 17.3 Å². The zero-order valence-electron chi connectivity index (χ0n) is 15.7. The van der Waals surface area contributed by atoms with Crippen LogP contribution in [-0.2, 0) is 5.41 Å². The normalized spacial score (nSPS) is 11.2. The molecular formula is C26H20O3. The molecule has 0 saturated heterocycles. The Morgan fingerprint density at radius 3 is 1.34 bits per heavy atom. The van der Waals surface area contributed by atoms with E-state index in [0.29, 0.717) is 5.56 Å². The largest absolute Gasteiger partial charge is 0.508 e. The first-order valence-corrected chi connectivity index (χ1v) is 9.37. The van der Waals surface area contributed by atoms with Crippen molar-refractivity contribution in [3.8, 4) is 11.5 Å². The minimum absolute atomic E-state index is 0.0827. The Hall–Kier alpha value is -3.85. The van der Waals surface area contributed by atoms with Crippen molar-refractivity contribution in [1.29, 1.82) is 0 Å². The molecule has 4 aromatic rings. The van der Waals surface area contributed by atoms with E-state index in [2.05, 4.69) is 0 Å². The standard InChI is InChI=1S/C26H20O3/c27-23-15-11-21(12-16-23)26(20-9-5-2-6-10-20,22-13-17-24(28)18-14-22)25(29)19-7-3-1-4-8-19/h1-18,27-28H. The summed E-state index contributed by atoms with van der Waals surface area (Å²) in [6.45, 7) is 0. The molecular weight excluding hydrogens is 360 g/mol. The maximum absolute atomic E-state index is 14.1. The fourth-order valence-corrected chi connectivity index (χ4v) is 3.81. The fourth-order valence-electron chi connectivity index (χ4n) is 3.81. The lowest BCUT2D eigenvalue weighted by Crippen LogP contribution is -2.38. The Morgan fingerprint density at radius 2 is 0.897 bits per heavy atom. The summed E-state index contributed by atoms with van der Waals surface area (Å²) < 4.78 is 0. The molecule has 4 rings (SSSR count). The maximum atomic E-state index is 14.1. The first-order valence-electron chi connectivity index (χ1n) is 9.37. The number of phenolic OH excluding ortho intramolecular Hbond substituents is 2. The number of phenols is 2. The van der Waals surface area contributed by atoms with E-state index in [1.54, 1.807) is 60.7 Å². The number of hydrogen-bond acceptors (Lipinski definition) is 3. The summed E-state index contributed by atoms with van der Waals surface area (Å²) in [6.07, 6.45) is 0. The highest BCUT2D eigenvalue weighted by molar-refractivity contribution is 6.09. The van der Waals surface area contributed by atoms with Crippen LogP contribution in [0.2, 0.25) is 0 Å². The Balaban J connectivity index is 2.09. The van der Waals surface area contributed by atoms with Gasteiger partial charge in [0, 0.05) is 5.56 Å².